The van der Waals surface area contributed by atoms with E-state index in [0.717, 1.165) is 47.3 Å². The number of carbonyl (C=O) groups is 1. The fraction of sp³-hybridized carbons (Fsp3) is 0.533. The number of nitrogens with one attached hydrogen (secondary N) is 1. The number of carbonyl (C=O) groups excluding carboxylic acids is 1. The van der Waals surface area contributed by atoms with Gasteiger partial charge >= 0.3 is 0 Å². The molecule has 0 atom stereocenters. The molecule has 0 spiro atoms. The highest BCUT2D eigenvalue weighted by Crippen LogP contribution is 2.28. The summed E-state index contributed by atoms with van der Waals surface area (Å²) >= 11 is 2.24. The second-order valence-electron chi connectivity index (χ2n) is 5.54. The molecule has 1 N–H and O–H groups in total. The van der Waals surface area contributed by atoms with E-state index in [1.807, 2.05) is 25.1 Å². The van der Waals surface area contributed by atoms with Gasteiger partial charge in [-0.25, -0.2) is 0 Å². The maximum absolute atomic E-state index is 12.3. The summed E-state index contributed by atoms with van der Waals surface area (Å²) in [4.78, 5) is 12.3. The van der Waals surface area contributed by atoms with Crippen molar-refractivity contribution in [1.29, 1.82) is 0 Å². The van der Waals surface area contributed by atoms with Crippen molar-refractivity contribution in [2.45, 2.75) is 26.7 Å². The first-order chi connectivity index (χ1) is 9.02. The van der Waals surface area contributed by atoms with Crippen LogP contribution >= 0.6 is 22.6 Å². The maximum Gasteiger partial charge on any atom is 0.252 e. The molecule has 1 heterocycles. The van der Waals surface area contributed by atoms with Gasteiger partial charge in [0.1, 0.15) is 0 Å². The lowest BCUT2D eigenvalue weighted by atomic mass is 9.82. The van der Waals surface area contributed by atoms with Crippen molar-refractivity contribution in [3.8, 4) is 0 Å². The molecule has 1 fully saturated rings. The third-order valence-electron chi connectivity index (χ3n) is 3.81. The van der Waals surface area contributed by atoms with Crippen LogP contribution in [0.5, 0.6) is 0 Å². The molecular formula is C15H20INO2. The molecule has 2 rings (SSSR count). The molecule has 0 saturated carbocycles. The average Bonchev–Trinajstić information content (AvgIpc) is 2.40. The Labute approximate surface area is 128 Å². The number of hydrogen-bond acceptors (Lipinski definition) is 2. The summed E-state index contributed by atoms with van der Waals surface area (Å²) in [5.41, 5.74) is 2.09. The zero-order valence-corrected chi connectivity index (χ0v) is 13.6. The first kappa shape index (κ1) is 14.8. The highest BCUT2D eigenvalue weighted by molar-refractivity contribution is 14.1. The van der Waals surface area contributed by atoms with E-state index in [9.17, 15) is 4.79 Å². The standard InChI is InChI=1S/C15H20INO2/c1-11-4-3-5-12(13(11)16)14(18)17-10-15(2)6-8-19-9-7-15/h3-5H,6-10H2,1-2H3,(H,17,18). The van der Waals surface area contributed by atoms with Crippen LogP contribution in [0.4, 0.5) is 0 Å². The molecule has 0 bridgehead atoms. The van der Waals surface area contributed by atoms with Crippen LogP contribution in [0.1, 0.15) is 35.7 Å². The van der Waals surface area contributed by atoms with Gasteiger partial charge < -0.3 is 10.1 Å². The third-order valence-corrected chi connectivity index (χ3v) is 5.24. The van der Waals surface area contributed by atoms with Crippen LogP contribution in [0.25, 0.3) is 0 Å². The topological polar surface area (TPSA) is 38.3 Å². The Balaban J connectivity index is 1.99. The van der Waals surface area contributed by atoms with Crippen molar-refractivity contribution in [1.82, 2.24) is 5.32 Å². The predicted molar refractivity (Wildman–Crippen MR) is 84.4 cm³/mol. The van der Waals surface area contributed by atoms with Gasteiger partial charge in [0.25, 0.3) is 5.91 Å². The average molecular weight is 373 g/mol. The molecule has 1 aliphatic rings. The summed E-state index contributed by atoms with van der Waals surface area (Å²) in [6, 6.07) is 5.84. The third kappa shape index (κ3) is 3.69. The first-order valence-corrected chi connectivity index (χ1v) is 7.71. The van der Waals surface area contributed by atoms with E-state index in [1.165, 1.54) is 0 Å². The van der Waals surface area contributed by atoms with Crippen LogP contribution in [0.3, 0.4) is 0 Å². The van der Waals surface area contributed by atoms with Gasteiger partial charge in [-0.05, 0) is 59.4 Å². The lowest BCUT2D eigenvalue weighted by Crippen LogP contribution is -2.39. The second kappa shape index (κ2) is 6.22. The molecule has 3 nitrogen and oxygen atoms in total. The van der Waals surface area contributed by atoms with Gasteiger partial charge in [-0.2, -0.15) is 0 Å². The summed E-state index contributed by atoms with van der Waals surface area (Å²) in [6.45, 7) is 6.57. The molecule has 19 heavy (non-hydrogen) atoms. The molecule has 1 aromatic carbocycles. The second-order valence-corrected chi connectivity index (χ2v) is 6.62. The smallest absolute Gasteiger partial charge is 0.252 e. The Morgan fingerprint density at radius 1 is 1.42 bits per heavy atom. The molecule has 0 unspecified atom stereocenters. The number of aryl methyl sites for hydroxylation is 1. The molecular weight excluding hydrogens is 353 g/mol. The van der Waals surface area contributed by atoms with Gasteiger partial charge in [0.05, 0.1) is 5.56 Å². The molecule has 4 heteroatoms. The highest BCUT2D eigenvalue weighted by atomic mass is 127. The van der Waals surface area contributed by atoms with E-state index in [1.54, 1.807) is 0 Å². The van der Waals surface area contributed by atoms with Gasteiger partial charge in [0.15, 0.2) is 0 Å². The minimum absolute atomic E-state index is 0.0285. The van der Waals surface area contributed by atoms with Crippen LogP contribution in [-0.2, 0) is 4.74 Å². The van der Waals surface area contributed by atoms with Crippen LogP contribution in [0.15, 0.2) is 18.2 Å². The maximum atomic E-state index is 12.3. The largest absolute Gasteiger partial charge is 0.381 e. The normalized spacial score (nSPS) is 18.1. The van der Waals surface area contributed by atoms with E-state index in [0.29, 0.717) is 0 Å². The van der Waals surface area contributed by atoms with Crippen LogP contribution in [-0.4, -0.2) is 25.7 Å². The number of benzene rings is 1. The van der Waals surface area contributed by atoms with Gasteiger partial charge in [0.2, 0.25) is 0 Å². The van der Waals surface area contributed by atoms with Gasteiger partial charge in [0, 0.05) is 23.3 Å². The van der Waals surface area contributed by atoms with E-state index >= 15 is 0 Å². The predicted octanol–water partition coefficient (Wildman–Crippen LogP) is 3.15. The van der Waals surface area contributed by atoms with Gasteiger partial charge in [-0.1, -0.05) is 19.1 Å². The summed E-state index contributed by atoms with van der Waals surface area (Å²) in [5.74, 6) is 0.0285. The minimum Gasteiger partial charge on any atom is -0.381 e. The van der Waals surface area contributed by atoms with Crippen molar-refractivity contribution < 1.29 is 9.53 Å². The first-order valence-electron chi connectivity index (χ1n) is 6.63. The lowest BCUT2D eigenvalue weighted by molar-refractivity contribution is 0.0238. The van der Waals surface area contributed by atoms with Crippen molar-refractivity contribution in [2.75, 3.05) is 19.8 Å². The zero-order chi connectivity index (χ0) is 13.9. The Hall–Kier alpha value is -0.620. The Morgan fingerprint density at radius 2 is 2.11 bits per heavy atom. The summed E-state index contributed by atoms with van der Waals surface area (Å²) < 4.78 is 6.41. The van der Waals surface area contributed by atoms with E-state index < -0.39 is 0 Å². The van der Waals surface area contributed by atoms with Crippen LogP contribution in [0.2, 0.25) is 0 Å². The number of hydrogen-bond donors (Lipinski definition) is 1. The van der Waals surface area contributed by atoms with E-state index in [-0.39, 0.29) is 11.3 Å². The monoisotopic (exact) mass is 373 g/mol. The Morgan fingerprint density at radius 3 is 2.79 bits per heavy atom. The van der Waals surface area contributed by atoms with Gasteiger partial charge in [-0.15, -0.1) is 0 Å². The van der Waals surface area contributed by atoms with E-state index in [4.69, 9.17) is 4.74 Å². The zero-order valence-electron chi connectivity index (χ0n) is 11.5. The number of rotatable bonds is 3. The Kier molecular flexibility index (Phi) is 4.84. The van der Waals surface area contributed by atoms with Crippen molar-refractivity contribution in [3.63, 3.8) is 0 Å². The van der Waals surface area contributed by atoms with Gasteiger partial charge in [-0.3, -0.25) is 4.79 Å². The fourth-order valence-corrected chi connectivity index (χ4v) is 2.86. The SMILES string of the molecule is Cc1cccc(C(=O)NCC2(C)CCOCC2)c1I. The van der Waals surface area contributed by atoms with Crippen molar-refractivity contribution in [3.05, 3.63) is 32.9 Å². The number of ether oxygens (including phenoxy) is 1. The fourth-order valence-electron chi connectivity index (χ4n) is 2.25. The summed E-state index contributed by atoms with van der Waals surface area (Å²) in [5, 5.41) is 3.08. The molecule has 0 radical (unpaired) electrons. The molecule has 1 amide bonds. The van der Waals surface area contributed by atoms with Crippen molar-refractivity contribution >= 4 is 28.5 Å². The number of halogens is 1. The Bertz CT molecular complexity index is 467. The molecule has 104 valence electrons. The summed E-state index contributed by atoms with van der Waals surface area (Å²) in [7, 11) is 0. The molecule has 1 aromatic rings. The van der Waals surface area contributed by atoms with Crippen LogP contribution in [0, 0.1) is 15.9 Å². The lowest BCUT2D eigenvalue weighted by Gasteiger charge is -2.33. The minimum atomic E-state index is 0.0285. The number of amides is 1. The highest BCUT2D eigenvalue weighted by Gasteiger charge is 2.28. The quantitative estimate of drug-likeness (QED) is 0.827. The molecule has 0 aromatic heterocycles. The molecule has 0 aliphatic carbocycles. The van der Waals surface area contributed by atoms with E-state index in [2.05, 4.69) is 34.8 Å². The molecule has 1 saturated heterocycles. The van der Waals surface area contributed by atoms with Crippen LogP contribution < -0.4 is 5.32 Å². The van der Waals surface area contributed by atoms with Crippen molar-refractivity contribution in [2.24, 2.45) is 5.41 Å². The molecule has 1 aliphatic heterocycles. The summed E-state index contributed by atoms with van der Waals surface area (Å²) in [6.07, 6.45) is 2.02.